The summed E-state index contributed by atoms with van der Waals surface area (Å²) in [7, 11) is 0. The molecular weight excluding hydrogens is 212 g/mol. The molecule has 0 aliphatic carbocycles. The van der Waals surface area contributed by atoms with Gasteiger partial charge in [-0.05, 0) is 17.7 Å². The van der Waals surface area contributed by atoms with Crippen LogP contribution in [0.2, 0.25) is 0 Å². The molecule has 82 valence electrons. The van der Waals surface area contributed by atoms with E-state index in [1.54, 1.807) is 0 Å². The smallest absolute Gasteiger partial charge is 0.126 e. The summed E-state index contributed by atoms with van der Waals surface area (Å²) >= 11 is 0. The molecule has 2 N–H and O–H groups in total. The summed E-state index contributed by atoms with van der Waals surface area (Å²) in [5.41, 5.74) is 6.80. The van der Waals surface area contributed by atoms with E-state index in [1.165, 1.54) is 30.9 Å². The maximum atomic E-state index is 13.0. The summed E-state index contributed by atoms with van der Waals surface area (Å²) in [6, 6.07) is 2.56. The molecule has 16 heavy (non-hydrogen) atoms. The van der Waals surface area contributed by atoms with Gasteiger partial charge in [-0.1, -0.05) is 0 Å². The van der Waals surface area contributed by atoms with Crippen molar-refractivity contribution in [2.75, 3.05) is 0 Å². The number of hydrogen-bond donors (Lipinski definition) is 1. The molecule has 0 aliphatic rings. The normalized spacial score (nSPS) is 12.4. The summed E-state index contributed by atoms with van der Waals surface area (Å²) in [4.78, 5) is 7.60. The Bertz CT molecular complexity index is 468. The molecule has 0 bridgehead atoms. The van der Waals surface area contributed by atoms with Crippen molar-refractivity contribution < 1.29 is 8.78 Å². The van der Waals surface area contributed by atoms with Gasteiger partial charge in [-0.2, -0.15) is 0 Å². The van der Waals surface area contributed by atoms with E-state index in [4.69, 9.17) is 5.73 Å². The Labute approximate surface area is 91.0 Å². The van der Waals surface area contributed by atoms with Gasteiger partial charge in [0.2, 0.25) is 0 Å². The minimum absolute atomic E-state index is 0.354. The van der Waals surface area contributed by atoms with Crippen molar-refractivity contribution in [1.82, 2.24) is 9.97 Å². The van der Waals surface area contributed by atoms with Gasteiger partial charge in [0.05, 0.1) is 6.04 Å². The molecule has 0 saturated heterocycles. The molecule has 0 amide bonds. The molecule has 0 fully saturated rings. The van der Waals surface area contributed by atoms with E-state index >= 15 is 0 Å². The van der Waals surface area contributed by atoms with Crippen LogP contribution in [0.3, 0.4) is 0 Å². The Morgan fingerprint density at radius 1 is 0.938 bits per heavy atom. The number of aromatic nitrogens is 2. The molecule has 1 heterocycles. The highest BCUT2D eigenvalue weighted by Gasteiger charge is 2.11. The van der Waals surface area contributed by atoms with Crippen molar-refractivity contribution in [3.05, 3.63) is 59.7 Å². The predicted octanol–water partition coefficient (Wildman–Crippen LogP) is 1.80. The fourth-order valence-electron chi connectivity index (χ4n) is 1.42. The van der Waals surface area contributed by atoms with Gasteiger partial charge < -0.3 is 5.73 Å². The third-order valence-corrected chi connectivity index (χ3v) is 2.18. The average Bonchev–Trinajstić information content (AvgIpc) is 2.28. The molecule has 1 unspecified atom stereocenters. The summed E-state index contributed by atoms with van der Waals surface area (Å²) < 4.78 is 26.0. The standard InChI is InChI=1S/C11H9F2N3/c12-9-1-7(2-10(13)3-9)11(14)8-4-15-6-16-5-8/h1-6,11H,14H2. The summed E-state index contributed by atoms with van der Waals surface area (Å²) in [5.74, 6) is -1.30. The molecule has 5 heteroatoms. The Balaban J connectivity index is 2.37. The highest BCUT2D eigenvalue weighted by molar-refractivity contribution is 5.29. The van der Waals surface area contributed by atoms with Crippen molar-refractivity contribution in [2.24, 2.45) is 5.73 Å². The van der Waals surface area contributed by atoms with Crippen LogP contribution in [0.15, 0.2) is 36.9 Å². The Morgan fingerprint density at radius 3 is 2.06 bits per heavy atom. The molecule has 1 aromatic heterocycles. The third kappa shape index (κ3) is 2.20. The maximum Gasteiger partial charge on any atom is 0.126 e. The van der Waals surface area contributed by atoms with Crippen LogP contribution in [0, 0.1) is 11.6 Å². The number of nitrogens with two attached hydrogens (primary N) is 1. The lowest BCUT2D eigenvalue weighted by molar-refractivity contribution is 0.577. The lowest BCUT2D eigenvalue weighted by atomic mass is 10.0. The molecule has 2 aromatic rings. The van der Waals surface area contributed by atoms with E-state index in [0.29, 0.717) is 11.1 Å². The zero-order valence-corrected chi connectivity index (χ0v) is 8.27. The van der Waals surface area contributed by atoms with Crippen LogP contribution in [-0.2, 0) is 0 Å². The topological polar surface area (TPSA) is 51.8 Å². The van der Waals surface area contributed by atoms with E-state index in [1.807, 2.05) is 0 Å². The van der Waals surface area contributed by atoms with Crippen LogP contribution < -0.4 is 5.73 Å². The monoisotopic (exact) mass is 221 g/mol. The second-order valence-electron chi connectivity index (χ2n) is 3.35. The number of benzene rings is 1. The van der Waals surface area contributed by atoms with Crippen LogP contribution in [0.1, 0.15) is 17.2 Å². The lowest BCUT2D eigenvalue weighted by Crippen LogP contribution is -2.13. The second-order valence-corrected chi connectivity index (χ2v) is 3.35. The van der Waals surface area contributed by atoms with Gasteiger partial charge >= 0.3 is 0 Å². The molecule has 1 atom stereocenters. The first kappa shape index (κ1) is 10.6. The second kappa shape index (κ2) is 4.32. The van der Waals surface area contributed by atoms with Crippen molar-refractivity contribution in [1.29, 1.82) is 0 Å². The molecule has 3 nitrogen and oxygen atoms in total. The van der Waals surface area contributed by atoms with Crippen molar-refractivity contribution >= 4 is 0 Å². The SMILES string of the molecule is NC(c1cncnc1)c1cc(F)cc(F)c1. The highest BCUT2D eigenvalue weighted by atomic mass is 19.1. The van der Waals surface area contributed by atoms with Gasteiger partial charge in [0.1, 0.15) is 18.0 Å². The van der Waals surface area contributed by atoms with Crippen molar-refractivity contribution in [3.8, 4) is 0 Å². The first-order valence-corrected chi connectivity index (χ1v) is 4.63. The average molecular weight is 221 g/mol. The molecule has 0 radical (unpaired) electrons. The largest absolute Gasteiger partial charge is 0.320 e. The molecule has 1 aromatic carbocycles. The van der Waals surface area contributed by atoms with Gasteiger partial charge in [-0.15, -0.1) is 0 Å². The molecule has 0 spiro atoms. The van der Waals surface area contributed by atoms with E-state index in [2.05, 4.69) is 9.97 Å². The van der Waals surface area contributed by atoms with Crippen LogP contribution in [-0.4, -0.2) is 9.97 Å². The van der Waals surface area contributed by atoms with Crippen molar-refractivity contribution in [3.63, 3.8) is 0 Å². The Morgan fingerprint density at radius 2 is 1.50 bits per heavy atom. The van der Waals surface area contributed by atoms with Gasteiger partial charge in [0, 0.05) is 24.0 Å². The molecule has 2 rings (SSSR count). The summed E-state index contributed by atoms with van der Waals surface area (Å²) in [6.45, 7) is 0. The number of halogens is 2. The molecular formula is C11H9F2N3. The minimum atomic E-state index is -0.651. The van der Waals surface area contributed by atoms with E-state index < -0.39 is 17.7 Å². The summed E-state index contributed by atoms with van der Waals surface area (Å²) in [5, 5.41) is 0. The first-order valence-electron chi connectivity index (χ1n) is 4.63. The fraction of sp³-hybridized carbons (Fsp3) is 0.0909. The fourth-order valence-corrected chi connectivity index (χ4v) is 1.42. The highest BCUT2D eigenvalue weighted by Crippen LogP contribution is 2.19. The van der Waals surface area contributed by atoms with Crippen LogP contribution in [0.4, 0.5) is 8.78 Å². The zero-order chi connectivity index (χ0) is 11.5. The quantitative estimate of drug-likeness (QED) is 0.841. The Kier molecular flexibility index (Phi) is 2.87. The van der Waals surface area contributed by atoms with Crippen LogP contribution in [0.5, 0.6) is 0 Å². The van der Waals surface area contributed by atoms with E-state index in [0.717, 1.165) is 6.07 Å². The van der Waals surface area contributed by atoms with E-state index in [-0.39, 0.29) is 0 Å². The van der Waals surface area contributed by atoms with Crippen LogP contribution >= 0.6 is 0 Å². The van der Waals surface area contributed by atoms with Gasteiger partial charge in [-0.3, -0.25) is 0 Å². The van der Waals surface area contributed by atoms with Gasteiger partial charge in [0.15, 0.2) is 0 Å². The molecule has 0 aliphatic heterocycles. The van der Waals surface area contributed by atoms with Gasteiger partial charge in [-0.25, -0.2) is 18.7 Å². The number of hydrogen-bond acceptors (Lipinski definition) is 3. The maximum absolute atomic E-state index is 13.0. The van der Waals surface area contributed by atoms with Gasteiger partial charge in [0.25, 0.3) is 0 Å². The summed E-state index contributed by atoms with van der Waals surface area (Å²) in [6.07, 6.45) is 4.39. The third-order valence-electron chi connectivity index (χ3n) is 2.18. The zero-order valence-electron chi connectivity index (χ0n) is 8.27. The minimum Gasteiger partial charge on any atom is -0.320 e. The number of nitrogens with zero attached hydrogens (tertiary/aromatic N) is 2. The Hall–Kier alpha value is -1.88. The van der Waals surface area contributed by atoms with Crippen molar-refractivity contribution in [2.45, 2.75) is 6.04 Å². The lowest BCUT2D eigenvalue weighted by Gasteiger charge is -2.11. The molecule has 0 saturated carbocycles. The van der Waals surface area contributed by atoms with Crippen LogP contribution in [0.25, 0.3) is 0 Å². The first-order chi connectivity index (χ1) is 7.66. The number of rotatable bonds is 2. The predicted molar refractivity (Wildman–Crippen MR) is 54.4 cm³/mol. The van der Waals surface area contributed by atoms with E-state index in [9.17, 15) is 8.78 Å².